The van der Waals surface area contributed by atoms with Gasteiger partial charge in [-0.3, -0.25) is 14.4 Å². The summed E-state index contributed by atoms with van der Waals surface area (Å²) < 4.78 is 0. The fraction of sp³-hybridized carbons (Fsp3) is 0.500. The lowest BCUT2D eigenvalue weighted by molar-refractivity contribution is -0.137. The summed E-state index contributed by atoms with van der Waals surface area (Å²) in [5, 5.41) is 15.3. The molecule has 2 amide bonds. The minimum atomic E-state index is -1.18. The first-order valence-electron chi connectivity index (χ1n) is 3.82. The quantitative estimate of drug-likeness (QED) is 0.284. The van der Waals surface area contributed by atoms with Crippen LogP contribution in [-0.4, -0.2) is 42.5 Å². The van der Waals surface area contributed by atoms with Gasteiger partial charge in [0.1, 0.15) is 13.1 Å². The Hall–Kier alpha value is -2.28. The summed E-state index contributed by atoms with van der Waals surface area (Å²) in [6.07, 6.45) is 0. The minimum absolute atomic E-state index is 0.354. The maximum Gasteiger partial charge on any atom is 0.322 e. The smallest absolute Gasteiger partial charge is 0.322 e. The number of aliphatic carboxylic acids is 1. The van der Waals surface area contributed by atoms with E-state index >= 15 is 0 Å². The van der Waals surface area contributed by atoms with Gasteiger partial charge in [0.2, 0.25) is 11.8 Å². The molecule has 0 radical (unpaired) electrons. The standard InChI is InChI=1S/C6H9N5O4/c7-11-10-2-5(13)8-1-4(12)9-3-6(14)15/h1-3H2,(H,8,13)(H,9,12)(H,14,15). The van der Waals surface area contributed by atoms with Crippen molar-refractivity contribution in [2.45, 2.75) is 0 Å². The Morgan fingerprint density at radius 1 is 1.20 bits per heavy atom. The Kier molecular flexibility index (Phi) is 6.07. The summed E-state index contributed by atoms with van der Waals surface area (Å²) in [6, 6.07) is 0. The van der Waals surface area contributed by atoms with Crippen LogP contribution in [0.25, 0.3) is 10.4 Å². The van der Waals surface area contributed by atoms with E-state index < -0.39 is 30.9 Å². The number of carboxylic acid groups (broad SMARTS) is 1. The van der Waals surface area contributed by atoms with Gasteiger partial charge in [-0.1, -0.05) is 5.11 Å². The molecular formula is C6H9N5O4. The summed E-state index contributed by atoms with van der Waals surface area (Å²) in [5.41, 5.74) is 7.87. The van der Waals surface area contributed by atoms with Gasteiger partial charge in [-0.25, -0.2) is 0 Å². The molecule has 0 aromatic heterocycles. The van der Waals surface area contributed by atoms with E-state index in [9.17, 15) is 14.4 Å². The SMILES string of the molecule is [N-]=[N+]=NCC(=O)NCC(=O)NCC(=O)O. The zero-order valence-electron chi connectivity index (χ0n) is 7.63. The molecule has 0 spiro atoms. The second-order valence-corrected chi connectivity index (χ2v) is 2.34. The molecule has 0 saturated heterocycles. The average molecular weight is 215 g/mol. The second-order valence-electron chi connectivity index (χ2n) is 2.34. The summed E-state index contributed by atoms with van der Waals surface area (Å²) >= 11 is 0. The van der Waals surface area contributed by atoms with E-state index in [1.165, 1.54) is 0 Å². The topological polar surface area (TPSA) is 144 Å². The molecule has 0 unspecified atom stereocenters. The van der Waals surface area contributed by atoms with Crippen molar-refractivity contribution in [3.05, 3.63) is 10.4 Å². The van der Waals surface area contributed by atoms with Gasteiger partial charge in [-0.15, -0.1) is 0 Å². The molecule has 0 aliphatic carbocycles. The molecule has 0 heterocycles. The zero-order valence-corrected chi connectivity index (χ0v) is 7.63. The van der Waals surface area contributed by atoms with Crippen LogP contribution >= 0.6 is 0 Å². The van der Waals surface area contributed by atoms with Crippen LogP contribution in [0.3, 0.4) is 0 Å². The third kappa shape index (κ3) is 8.06. The van der Waals surface area contributed by atoms with E-state index in [2.05, 4.69) is 15.3 Å². The first-order chi connectivity index (χ1) is 7.06. The van der Waals surface area contributed by atoms with E-state index in [1.54, 1.807) is 0 Å². The number of amides is 2. The molecule has 9 nitrogen and oxygen atoms in total. The summed E-state index contributed by atoms with van der Waals surface area (Å²) in [4.78, 5) is 34.0. The molecule has 0 atom stereocenters. The Morgan fingerprint density at radius 2 is 1.80 bits per heavy atom. The van der Waals surface area contributed by atoms with Crippen molar-refractivity contribution in [1.29, 1.82) is 0 Å². The number of rotatable bonds is 6. The normalized spacial score (nSPS) is 8.53. The lowest BCUT2D eigenvalue weighted by Crippen LogP contribution is -2.39. The Morgan fingerprint density at radius 3 is 2.33 bits per heavy atom. The lowest BCUT2D eigenvalue weighted by atomic mass is 10.5. The predicted octanol–water partition coefficient (Wildman–Crippen LogP) is -1.39. The van der Waals surface area contributed by atoms with E-state index in [0.717, 1.165) is 0 Å². The highest BCUT2D eigenvalue weighted by Crippen LogP contribution is 1.72. The number of hydrogen-bond acceptors (Lipinski definition) is 4. The molecule has 0 saturated carbocycles. The Bertz CT molecular complexity index is 309. The summed E-state index contributed by atoms with van der Waals surface area (Å²) in [5.74, 6) is -2.42. The van der Waals surface area contributed by atoms with Crippen LogP contribution in [0, 0.1) is 0 Å². The number of carbonyl (C=O) groups excluding carboxylic acids is 2. The van der Waals surface area contributed by atoms with Crippen LogP contribution in [0.1, 0.15) is 0 Å². The van der Waals surface area contributed by atoms with Gasteiger partial charge in [0.05, 0.1) is 6.54 Å². The van der Waals surface area contributed by atoms with E-state index in [-0.39, 0.29) is 6.54 Å². The maximum absolute atomic E-state index is 10.8. The monoisotopic (exact) mass is 215 g/mol. The van der Waals surface area contributed by atoms with Gasteiger partial charge < -0.3 is 15.7 Å². The number of hydrogen-bond donors (Lipinski definition) is 3. The maximum atomic E-state index is 10.8. The number of azide groups is 1. The number of carbonyl (C=O) groups is 3. The van der Waals surface area contributed by atoms with Crippen molar-refractivity contribution >= 4 is 17.8 Å². The highest BCUT2D eigenvalue weighted by molar-refractivity contribution is 5.87. The molecule has 0 aromatic rings. The van der Waals surface area contributed by atoms with Gasteiger partial charge in [0.25, 0.3) is 0 Å². The predicted molar refractivity (Wildman–Crippen MR) is 47.7 cm³/mol. The largest absolute Gasteiger partial charge is 0.480 e. The fourth-order valence-corrected chi connectivity index (χ4v) is 0.567. The molecular weight excluding hydrogens is 206 g/mol. The van der Waals surface area contributed by atoms with Gasteiger partial charge in [-0.05, 0) is 5.53 Å². The summed E-state index contributed by atoms with van der Waals surface area (Å²) in [7, 11) is 0. The number of nitrogens with zero attached hydrogens (tertiary/aromatic N) is 3. The number of carboxylic acids is 1. The number of nitrogens with one attached hydrogen (secondary N) is 2. The third-order valence-electron chi connectivity index (χ3n) is 1.16. The first-order valence-corrected chi connectivity index (χ1v) is 3.82. The summed E-state index contributed by atoms with van der Waals surface area (Å²) in [6.45, 7) is -1.26. The molecule has 0 aromatic carbocycles. The van der Waals surface area contributed by atoms with E-state index in [1.807, 2.05) is 5.32 Å². The molecule has 15 heavy (non-hydrogen) atoms. The molecule has 0 fully saturated rings. The third-order valence-corrected chi connectivity index (χ3v) is 1.16. The highest BCUT2D eigenvalue weighted by Gasteiger charge is 2.05. The van der Waals surface area contributed by atoms with Crippen molar-refractivity contribution in [3.63, 3.8) is 0 Å². The van der Waals surface area contributed by atoms with Gasteiger partial charge in [0.15, 0.2) is 0 Å². The van der Waals surface area contributed by atoms with Crippen molar-refractivity contribution < 1.29 is 19.5 Å². The lowest BCUT2D eigenvalue weighted by Gasteiger charge is -2.03. The molecule has 3 N–H and O–H groups in total. The zero-order chi connectivity index (χ0) is 11.7. The minimum Gasteiger partial charge on any atom is -0.480 e. The molecule has 0 bridgehead atoms. The van der Waals surface area contributed by atoms with E-state index in [4.69, 9.17) is 10.6 Å². The van der Waals surface area contributed by atoms with Gasteiger partial charge in [-0.2, -0.15) is 0 Å². The van der Waals surface area contributed by atoms with Crippen molar-refractivity contribution in [1.82, 2.24) is 10.6 Å². The fourth-order valence-electron chi connectivity index (χ4n) is 0.567. The first kappa shape index (κ1) is 12.7. The molecule has 0 aliphatic heterocycles. The van der Waals surface area contributed by atoms with Gasteiger partial charge in [0, 0.05) is 4.91 Å². The molecule has 9 heteroatoms. The van der Waals surface area contributed by atoms with Crippen LogP contribution in [0.2, 0.25) is 0 Å². The van der Waals surface area contributed by atoms with Crippen molar-refractivity contribution in [2.24, 2.45) is 5.11 Å². The van der Waals surface area contributed by atoms with Crippen molar-refractivity contribution in [3.8, 4) is 0 Å². The highest BCUT2D eigenvalue weighted by atomic mass is 16.4. The van der Waals surface area contributed by atoms with Gasteiger partial charge >= 0.3 is 5.97 Å². The molecule has 82 valence electrons. The van der Waals surface area contributed by atoms with Crippen molar-refractivity contribution in [2.75, 3.05) is 19.6 Å². The second kappa shape index (κ2) is 7.15. The van der Waals surface area contributed by atoms with E-state index in [0.29, 0.717) is 0 Å². The average Bonchev–Trinajstić information content (AvgIpc) is 2.20. The molecule has 0 aliphatic rings. The Labute approximate surface area is 84.1 Å². The molecule has 0 rings (SSSR count). The van der Waals surface area contributed by atoms with Crippen LogP contribution in [-0.2, 0) is 14.4 Å². The van der Waals surface area contributed by atoms with Crippen LogP contribution in [0.4, 0.5) is 0 Å². The Balaban J connectivity index is 3.66. The van der Waals surface area contributed by atoms with Crippen LogP contribution < -0.4 is 10.6 Å². The van der Waals surface area contributed by atoms with Crippen LogP contribution in [0.15, 0.2) is 5.11 Å². The van der Waals surface area contributed by atoms with Crippen LogP contribution in [0.5, 0.6) is 0 Å².